The van der Waals surface area contributed by atoms with Crippen LogP contribution in [0.5, 0.6) is 0 Å². The van der Waals surface area contributed by atoms with Gasteiger partial charge in [0.2, 0.25) is 0 Å². The van der Waals surface area contributed by atoms with Crippen LogP contribution >= 0.6 is 15.9 Å². The van der Waals surface area contributed by atoms with Crippen LogP contribution in [0, 0.1) is 0 Å². The monoisotopic (exact) mass is 316 g/mol. The molecule has 18 heavy (non-hydrogen) atoms. The third-order valence-corrected chi connectivity index (χ3v) is 2.48. The number of carbonyl (C=O) groups is 1. The number of halogens is 1. The summed E-state index contributed by atoms with van der Waals surface area (Å²) in [6.45, 7) is 5.93. The lowest BCUT2D eigenvalue weighted by atomic mass is 10.2. The van der Waals surface area contributed by atoms with Gasteiger partial charge in [0, 0.05) is 23.8 Å². The maximum absolute atomic E-state index is 12.0. The molecule has 5 nitrogen and oxygen atoms in total. The predicted octanol–water partition coefficient (Wildman–Crippen LogP) is 1.52. The first-order valence-corrected chi connectivity index (χ1v) is 6.37. The number of pyridine rings is 1. The summed E-state index contributed by atoms with van der Waals surface area (Å²) in [5, 5.41) is 0. The minimum Gasteiger partial charge on any atom is -0.456 e. The summed E-state index contributed by atoms with van der Waals surface area (Å²) in [6.07, 6.45) is 1.60. The molecule has 0 saturated carbocycles. The van der Waals surface area contributed by atoms with Crippen LogP contribution in [-0.2, 0) is 11.3 Å². The second-order valence-corrected chi connectivity index (χ2v) is 5.78. The topological polar surface area (TPSA) is 74.3 Å². The molecule has 0 aliphatic heterocycles. The minimum absolute atomic E-state index is 0.00718. The summed E-state index contributed by atoms with van der Waals surface area (Å²) in [7, 11) is 0. The Morgan fingerprint density at radius 1 is 1.50 bits per heavy atom. The fourth-order valence-corrected chi connectivity index (χ4v) is 1.86. The van der Waals surface area contributed by atoms with Gasteiger partial charge in [-0.3, -0.25) is 4.79 Å². The first kappa shape index (κ1) is 14.9. The maximum Gasteiger partial charge on any atom is 0.344 e. The molecule has 0 aliphatic rings. The molecule has 6 heteroatoms. The zero-order valence-corrected chi connectivity index (χ0v) is 12.3. The fourth-order valence-electron chi connectivity index (χ4n) is 1.38. The van der Waals surface area contributed by atoms with Gasteiger partial charge >= 0.3 is 5.97 Å². The van der Waals surface area contributed by atoms with Crippen LogP contribution < -0.4 is 11.3 Å². The normalized spacial score (nSPS) is 11.4. The van der Waals surface area contributed by atoms with Gasteiger partial charge in [0.05, 0.1) is 0 Å². The number of rotatable bonds is 3. The van der Waals surface area contributed by atoms with Crippen molar-refractivity contribution in [3.8, 4) is 0 Å². The SMILES string of the molecule is CC(C)(C)OC(=O)c1cc(Br)cn(CCN)c1=O. The molecule has 0 unspecified atom stereocenters. The van der Waals surface area contributed by atoms with Crippen LogP contribution in [0.4, 0.5) is 0 Å². The van der Waals surface area contributed by atoms with Gasteiger partial charge < -0.3 is 15.0 Å². The second-order valence-electron chi connectivity index (χ2n) is 4.86. The number of hydrogen-bond acceptors (Lipinski definition) is 4. The lowest BCUT2D eigenvalue weighted by Crippen LogP contribution is -2.32. The fraction of sp³-hybridized carbons (Fsp3) is 0.500. The molecule has 0 spiro atoms. The highest BCUT2D eigenvalue weighted by Crippen LogP contribution is 2.13. The smallest absolute Gasteiger partial charge is 0.344 e. The number of nitrogens with zero attached hydrogens (tertiary/aromatic N) is 1. The average Bonchev–Trinajstić information content (AvgIpc) is 2.20. The Bertz CT molecular complexity index is 503. The van der Waals surface area contributed by atoms with E-state index in [1.54, 1.807) is 27.0 Å². The molecular weight excluding hydrogens is 300 g/mol. The zero-order valence-electron chi connectivity index (χ0n) is 10.7. The molecule has 0 saturated heterocycles. The zero-order chi connectivity index (χ0) is 13.9. The van der Waals surface area contributed by atoms with Crippen molar-refractivity contribution in [1.82, 2.24) is 4.57 Å². The van der Waals surface area contributed by atoms with E-state index in [0.717, 1.165) is 0 Å². The van der Waals surface area contributed by atoms with Crippen molar-refractivity contribution in [1.29, 1.82) is 0 Å². The van der Waals surface area contributed by atoms with Gasteiger partial charge in [-0.05, 0) is 42.8 Å². The van der Waals surface area contributed by atoms with Crippen LogP contribution in [0.25, 0.3) is 0 Å². The molecule has 1 aromatic heterocycles. The summed E-state index contributed by atoms with van der Waals surface area (Å²) in [5.41, 5.74) is 4.40. The summed E-state index contributed by atoms with van der Waals surface area (Å²) >= 11 is 3.26. The van der Waals surface area contributed by atoms with Crippen molar-refractivity contribution in [3.05, 3.63) is 32.7 Å². The largest absolute Gasteiger partial charge is 0.456 e. The lowest BCUT2D eigenvalue weighted by Gasteiger charge is -2.19. The lowest BCUT2D eigenvalue weighted by molar-refractivity contribution is 0.00667. The van der Waals surface area contributed by atoms with E-state index in [0.29, 0.717) is 17.6 Å². The second kappa shape index (κ2) is 5.67. The van der Waals surface area contributed by atoms with Gasteiger partial charge in [0.15, 0.2) is 0 Å². The van der Waals surface area contributed by atoms with E-state index in [-0.39, 0.29) is 5.56 Å². The van der Waals surface area contributed by atoms with E-state index in [4.69, 9.17) is 10.5 Å². The van der Waals surface area contributed by atoms with Crippen LogP contribution in [0.3, 0.4) is 0 Å². The number of carbonyl (C=O) groups excluding carboxylic acids is 1. The maximum atomic E-state index is 12.0. The van der Waals surface area contributed by atoms with Gasteiger partial charge in [-0.25, -0.2) is 4.79 Å². The predicted molar refractivity (Wildman–Crippen MR) is 72.6 cm³/mol. The van der Waals surface area contributed by atoms with E-state index in [9.17, 15) is 9.59 Å². The molecular formula is C12H17BrN2O3. The van der Waals surface area contributed by atoms with Gasteiger partial charge in [-0.2, -0.15) is 0 Å². The van der Waals surface area contributed by atoms with Crippen LogP contribution in [0.15, 0.2) is 21.5 Å². The molecule has 0 fully saturated rings. The van der Waals surface area contributed by atoms with Crippen molar-refractivity contribution in [3.63, 3.8) is 0 Å². The molecule has 0 aromatic carbocycles. The van der Waals surface area contributed by atoms with Crippen LogP contribution in [0.1, 0.15) is 31.1 Å². The number of ether oxygens (including phenoxy) is 1. The first-order valence-electron chi connectivity index (χ1n) is 5.58. The number of esters is 1. The highest BCUT2D eigenvalue weighted by atomic mass is 79.9. The molecule has 0 bridgehead atoms. The van der Waals surface area contributed by atoms with Gasteiger partial charge in [0.25, 0.3) is 5.56 Å². The van der Waals surface area contributed by atoms with Gasteiger partial charge in [-0.1, -0.05) is 0 Å². The quantitative estimate of drug-likeness (QED) is 0.858. The van der Waals surface area contributed by atoms with Gasteiger partial charge in [0.1, 0.15) is 11.2 Å². The summed E-state index contributed by atoms with van der Waals surface area (Å²) < 4.78 is 7.22. The van der Waals surface area contributed by atoms with Crippen molar-refractivity contribution in [2.45, 2.75) is 32.9 Å². The summed E-state index contributed by atoms with van der Waals surface area (Å²) in [6, 6.07) is 1.46. The molecule has 1 heterocycles. The minimum atomic E-state index is -0.634. The van der Waals surface area contributed by atoms with E-state index in [2.05, 4.69) is 15.9 Å². The molecule has 1 aromatic rings. The molecule has 2 N–H and O–H groups in total. The number of nitrogens with two attached hydrogens (primary N) is 1. The summed E-state index contributed by atoms with van der Waals surface area (Å²) in [4.78, 5) is 23.9. The Kier molecular flexibility index (Phi) is 4.70. The van der Waals surface area contributed by atoms with E-state index in [1.807, 2.05) is 0 Å². The first-order chi connectivity index (χ1) is 8.24. The Balaban J connectivity index is 3.17. The van der Waals surface area contributed by atoms with Gasteiger partial charge in [-0.15, -0.1) is 0 Å². The third kappa shape index (κ3) is 3.96. The molecule has 0 amide bonds. The average molecular weight is 317 g/mol. The Morgan fingerprint density at radius 3 is 2.61 bits per heavy atom. The highest BCUT2D eigenvalue weighted by molar-refractivity contribution is 9.10. The Hall–Kier alpha value is -1.14. The molecule has 100 valence electrons. The van der Waals surface area contributed by atoms with E-state index in [1.165, 1.54) is 10.6 Å². The third-order valence-electron chi connectivity index (χ3n) is 2.04. The van der Waals surface area contributed by atoms with Crippen LogP contribution in [-0.4, -0.2) is 22.7 Å². The van der Waals surface area contributed by atoms with Crippen molar-refractivity contribution >= 4 is 21.9 Å². The van der Waals surface area contributed by atoms with Crippen molar-refractivity contribution in [2.24, 2.45) is 5.73 Å². The Morgan fingerprint density at radius 2 is 2.11 bits per heavy atom. The highest BCUT2D eigenvalue weighted by Gasteiger charge is 2.21. The van der Waals surface area contributed by atoms with Crippen molar-refractivity contribution in [2.75, 3.05) is 6.54 Å². The van der Waals surface area contributed by atoms with Crippen molar-refractivity contribution < 1.29 is 9.53 Å². The molecule has 0 atom stereocenters. The Labute approximate surface area is 114 Å². The standard InChI is InChI=1S/C12H17BrN2O3/c1-12(2,3)18-11(17)9-6-8(13)7-15(5-4-14)10(9)16/h6-7H,4-5,14H2,1-3H3. The van der Waals surface area contributed by atoms with Crippen LogP contribution in [0.2, 0.25) is 0 Å². The number of aromatic nitrogens is 1. The summed E-state index contributed by atoms with van der Waals surface area (Å²) in [5.74, 6) is -0.625. The van der Waals surface area contributed by atoms with E-state index < -0.39 is 17.1 Å². The molecule has 1 rings (SSSR count). The molecule has 0 radical (unpaired) electrons. The number of hydrogen-bond donors (Lipinski definition) is 1. The molecule has 0 aliphatic carbocycles. The van der Waals surface area contributed by atoms with E-state index >= 15 is 0 Å².